The highest BCUT2D eigenvalue weighted by Gasteiger charge is 2.21. The van der Waals surface area contributed by atoms with Gasteiger partial charge in [0, 0.05) is 17.3 Å². The molecule has 4 rings (SSSR count). The van der Waals surface area contributed by atoms with Gasteiger partial charge in [0.05, 0.1) is 10.6 Å². The first-order valence-corrected chi connectivity index (χ1v) is 10.1. The zero-order valence-corrected chi connectivity index (χ0v) is 17.2. The van der Waals surface area contributed by atoms with Gasteiger partial charge in [-0.2, -0.15) is 10.1 Å². The molecule has 7 heteroatoms. The number of nitrogens with zero attached hydrogens (tertiary/aromatic N) is 3. The molecule has 30 heavy (non-hydrogen) atoms. The summed E-state index contributed by atoms with van der Waals surface area (Å²) in [7, 11) is 0. The van der Waals surface area contributed by atoms with Gasteiger partial charge in [-0.25, -0.2) is 4.68 Å². The molecule has 0 spiro atoms. The summed E-state index contributed by atoms with van der Waals surface area (Å²) in [6.07, 6.45) is 5.40. The second-order valence-corrected chi connectivity index (χ2v) is 7.72. The summed E-state index contributed by atoms with van der Waals surface area (Å²) in [6.45, 7) is 6.11. The van der Waals surface area contributed by atoms with Crippen LogP contribution in [0.5, 0.6) is 5.75 Å². The number of thioether (sulfide) groups is 1. The summed E-state index contributed by atoms with van der Waals surface area (Å²) in [4.78, 5) is 16.4. The van der Waals surface area contributed by atoms with Crippen molar-refractivity contribution >= 4 is 28.9 Å². The average Bonchev–Trinajstić information content (AvgIpc) is 3.30. The SMILES string of the molecule is C=CCOc1ccc(-c2nn(-c3ccccc3)cc2C=C2SC(N)=NC2=O)cc1C. The van der Waals surface area contributed by atoms with Crippen LogP contribution >= 0.6 is 11.8 Å². The predicted molar refractivity (Wildman–Crippen MR) is 122 cm³/mol. The lowest BCUT2D eigenvalue weighted by Gasteiger charge is -2.09. The number of carbonyl (C=O) groups is 1. The standard InChI is InChI=1S/C23H20N4O2S/c1-3-11-29-19-10-9-16(12-15(19)2)21-17(13-20-22(28)25-23(24)30-20)14-27(26-21)18-7-5-4-6-8-18/h3-10,12-14H,1,11H2,2H3,(H2,24,25,28). The lowest BCUT2D eigenvalue weighted by atomic mass is 10.0. The number of aromatic nitrogens is 2. The van der Waals surface area contributed by atoms with E-state index < -0.39 is 0 Å². The Morgan fingerprint density at radius 1 is 1.23 bits per heavy atom. The van der Waals surface area contributed by atoms with Gasteiger partial charge in [-0.15, -0.1) is 0 Å². The fraction of sp³-hybridized carbons (Fsp3) is 0.0870. The Hall–Kier alpha value is -3.58. The lowest BCUT2D eigenvalue weighted by Crippen LogP contribution is -2.01. The molecule has 2 aromatic carbocycles. The number of hydrogen-bond donors (Lipinski definition) is 1. The van der Waals surface area contributed by atoms with E-state index in [0.717, 1.165) is 33.8 Å². The Kier molecular flexibility index (Phi) is 5.54. The van der Waals surface area contributed by atoms with Crippen molar-refractivity contribution in [3.05, 3.63) is 83.4 Å². The van der Waals surface area contributed by atoms with Crippen molar-refractivity contribution in [1.82, 2.24) is 9.78 Å². The van der Waals surface area contributed by atoms with Crippen molar-refractivity contribution in [2.75, 3.05) is 6.61 Å². The summed E-state index contributed by atoms with van der Waals surface area (Å²) in [6, 6.07) is 15.7. The predicted octanol–water partition coefficient (Wildman–Crippen LogP) is 4.34. The van der Waals surface area contributed by atoms with E-state index in [0.29, 0.717) is 11.5 Å². The molecule has 2 heterocycles. The largest absolute Gasteiger partial charge is 0.489 e. The van der Waals surface area contributed by atoms with Gasteiger partial charge in [0.15, 0.2) is 5.17 Å². The molecular formula is C23H20N4O2S. The Balaban J connectivity index is 1.79. The molecule has 1 aromatic heterocycles. The van der Waals surface area contributed by atoms with Crippen molar-refractivity contribution in [2.24, 2.45) is 10.7 Å². The smallest absolute Gasteiger partial charge is 0.286 e. The van der Waals surface area contributed by atoms with E-state index in [2.05, 4.69) is 11.6 Å². The quantitative estimate of drug-likeness (QED) is 0.477. The van der Waals surface area contributed by atoms with Crippen LogP contribution in [0.2, 0.25) is 0 Å². The number of aliphatic imine (C=N–C) groups is 1. The van der Waals surface area contributed by atoms with Gasteiger partial charge in [-0.1, -0.05) is 30.9 Å². The van der Waals surface area contributed by atoms with Gasteiger partial charge in [0.1, 0.15) is 18.1 Å². The summed E-state index contributed by atoms with van der Waals surface area (Å²) < 4.78 is 7.48. The number of hydrogen-bond acceptors (Lipinski definition) is 5. The average molecular weight is 417 g/mol. The maximum absolute atomic E-state index is 12.1. The first-order valence-electron chi connectivity index (χ1n) is 9.33. The van der Waals surface area contributed by atoms with Crippen LogP contribution in [0.1, 0.15) is 11.1 Å². The minimum Gasteiger partial charge on any atom is -0.489 e. The Labute approximate surface area is 178 Å². The van der Waals surface area contributed by atoms with E-state index in [4.69, 9.17) is 15.6 Å². The number of para-hydroxylation sites is 1. The van der Waals surface area contributed by atoms with Crippen LogP contribution in [0.4, 0.5) is 0 Å². The Morgan fingerprint density at radius 3 is 2.70 bits per heavy atom. The normalized spacial score (nSPS) is 14.8. The lowest BCUT2D eigenvalue weighted by molar-refractivity contribution is -0.113. The number of amides is 1. The van der Waals surface area contributed by atoms with Crippen LogP contribution in [0.25, 0.3) is 23.0 Å². The van der Waals surface area contributed by atoms with Gasteiger partial charge < -0.3 is 10.5 Å². The molecule has 1 amide bonds. The summed E-state index contributed by atoms with van der Waals surface area (Å²) in [5, 5.41) is 5.05. The molecule has 0 saturated carbocycles. The fourth-order valence-electron chi connectivity index (χ4n) is 3.10. The van der Waals surface area contributed by atoms with E-state index >= 15 is 0 Å². The number of aryl methyl sites for hydroxylation is 1. The van der Waals surface area contributed by atoms with Crippen molar-refractivity contribution in [3.8, 4) is 22.7 Å². The fourth-order valence-corrected chi connectivity index (χ4v) is 3.78. The molecule has 0 atom stereocenters. The van der Waals surface area contributed by atoms with Gasteiger partial charge in [0.25, 0.3) is 5.91 Å². The van der Waals surface area contributed by atoms with Gasteiger partial charge in [-0.05, 0) is 60.7 Å². The van der Waals surface area contributed by atoms with E-state index in [-0.39, 0.29) is 11.1 Å². The Morgan fingerprint density at radius 2 is 2.03 bits per heavy atom. The van der Waals surface area contributed by atoms with Crippen molar-refractivity contribution in [2.45, 2.75) is 6.92 Å². The molecular weight excluding hydrogens is 396 g/mol. The highest BCUT2D eigenvalue weighted by Crippen LogP contribution is 2.32. The van der Waals surface area contributed by atoms with Gasteiger partial charge in [-0.3, -0.25) is 4.79 Å². The third-order valence-electron chi connectivity index (χ3n) is 4.49. The van der Waals surface area contributed by atoms with Crippen LogP contribution in [0, 0.1) is 6.92 Å². The van der Waals surface area contributed by atoms with Crippen LogP contribution in [0.15, 0.2) is 77.3 Å². The summed E-state index contributed by atoms with van der Waals surface area (Å²) >= 11 is 1.17. The van der Waals surface area contributed by atoms with Gasteiger partial charge in [0.2, 0.25) is 0 Å². The van der Waals surface area contributed by atoms with Crippen LogP contribution in [-0.2, 0) is 4.79 Å². The van der Waals surface area contributed by atoms with Crippen LogP contribution in [0.3, 0.4) is 0 Å². The van der Waals surface area contributed by atoms with Crippen molar-refractivity contribution in [3.63, 3.8) is 0 Å². The maximum Gasteiger partial charge on any atom is 0.286 e. The molecule has 0 unspecified atom stereocenters. The first kappa shape index (κ1) is 19.7. The second-order valence-electron chi connectivity index (χ2n) is 6.66. The molecule has 0 radical (unpaired) electrons. The van der Waals surface area contributed by atoms with E-state index in [1.165, 1.54) is 11.8 Å². The minimum absolute atomic E-state index is 0.253. The second kappa shape index (κ2) is 8.42. The number of benzene rings is 2. The maximum atomic E-state index is 12.1. The summed E-state index contributed by atoms with van der Waals surface area (Å²) in [5.74, 6) is 0.462. The van der Waals surface area contributed by atoms with Gasteiger partial charge >= 0.3 is 0 Å². The molecule has 150 valence electrons. The molecule has 1 aliphatic rings. The molecule has 3 aromatic rings. The number of rotatable bonds is 6. The van der Waals surface area contributed by atoms with Crippen LogP contribution < -0.4 is 10.5 Å². The third-order valence-corrected chi connectivity index (χ3v) is 5.30. The monoisotopic (exact) mass is 416 g/mol. The van der Waals surface area contributed by atoms with E-state index in [1.54, 1.807) is 16.8 Å². The molecule has 0 bridgehead atoms. The number of ether oxygens (including phenoxy) is 1. The van der Waals surface area contributed by atoms with Crippen molar-refractivity contribution < 1.29 is 9.53 Å². The van der Waals surface area contributed by atoms with E-state index in [9.17, 15) is 4.79 Å². The molecule has 0 saturated heterocycles. The van der Waals surface area contributed by atoms with Crippen molar-refractivity contribution in [1.29, 1.82) is 0 Å². The van der Waals surface area contributed by atoms with Crippen LogP contribution in [-0.4, -0.2) is 27.5 Å². The Bertz CT molecular complexity index is 1180. The third kappa shape index (κ3) is 4.06. The molecule has 2 N–H and O–H groups in total. The zero-order valence-electron chi connectivity index (χ0n) is 16.4. The molecule has 1 aliphatic heterocycles. The van der Waals surface area contributed by atoms with E-state index in [1.807, 2.05) is 61.7 Å². The highest BCUT2D eigenvalue weighted by molar-refractivity contribution is 8.18. The zero-order chi connectivity index (χ0) is 21.1. The molecule has 6 nitrogen and oxygen atoms in total. The number of carbonyl (C=O) groups excluding carboxylic acids is 1. The minimum atomic E-state index is -0.333. The number of amidine groups is 1. The molecule has 0 aliphatic carbocycles. The molecule has 0 fully saturated rings. The number of nitrogens with two attached hydrogens (primary N) is 1. The topological polar surface area (TPSA) is 82.5 Å². The summed E-state index contributed by atoms with van der Waals surface area (Å²) in [5.41, 5.74) is 10.1. The first-order chi connectivity index (χ1) is 14.5. The highest BCUT2D eigenvalue weighted by atomic mass is 32.2.